The molecule has 0 spiro atoms. The molecule has 0 radical (unpaired) electrons. The molecule has 3 aromatic rings. The van der Waals surface area contributed by atoms with E-state index in [1.165, 1.54) is 0 Å². The molecule has 1 saturated heterocycles. The molecule has 1 aromatic carbocycles. The van der Waals surface area contributed by atoms with Crippen LogP contribution in [0.2, 0.25) is 0 Å². The zero-order chi connectivity index (χ0) is 22.2. The summed E-state index contributed by atoms with van der Waals surface area (Å²) >= 11 is 0. The molecule has 2 aromatic heterocycles. The quantitative estimate of drug-likeness (QED) is 0.631. The van der Waals surface area contributed by atoms with Crippen LogP contribution in [0.1, 0.15) is 13.8 Å². The Morgan fingerprint density at radius 1 is 1.03 bits per heavy atom. The lowest BCUT2D eigenvalue weighted by molar-refractivity contribution is -0.118. The molecule has 1 fully saturated rings. The Kier molecular flexibility index (Phi) is 5.48. The van der Waals surface area contributed by atoms with Gasteiger partial charge in [-0.25, -0.2) is 18.4 Å². The maximum Gasteiger partial charge on any atom is 0.226 e. The summed E-state index contributed by atoms with van der Waals surface area (Å²) in [7, 11) is -3.02. The number of sulfone groups is 1. The molecule has 9 nitrogen and oxygen atoms in total. The summed E-state index contributed by atoms with van der Waals surface area (Å²) in [5, 5.41) is 2.87. The molecular formula is C21H24N6O3S. The van der Waals surface area contributed by atoms with Gasteiger partial charge in [0, 0.05) is 30.3 Å². The van der Waals surface area contributed by atoms with Crippen molar-refractivity contribution in [3.63, 3.8) is 0 Å². The van der Waals surface area contributed by atoms with Gasteiger partial charge in [0.15, 0.2) is 15.7 Å². The summed E-state index contributed by atoms with van der Waals surface area (Å²) < 4.78 is 23.6. The van der Waals surface area contributed by atoms with Crippen molar-refractivity contribution in [3.05, 3.63) is 36.4 Å². The lowest BCUT2D eigenvalue weighted by Gasteiger charge is -2.28. The summed E-state index contributed by atoms with van der Waals surface area (Å²) in [5.74, 6) is 0.663. The molecule has 0 atom stereocenters. The van der Waals surface area contributed by atoms with Gasteiger partial charge in [0.2, 0.25) is 11.9 Å². The summed E-state index contributed by atoms with van der Waals surface area (Å²) in [6, 6.07) is 11.1. The van der Waals surface area contributed by atoms with E-state index >= 15 is 0 Å². The van der Waals surface area contributed by atoms with Gasteiger partial charge < -0.3 is 16.0 Å². The Morgan fingerprint density at radius 2 is 1.71 bits per heavy atom. The molecule has 0 aliphatic carbocycles. The van der Waals surface area contributed by atoms with E-state index in [0.717, 1.165) is 11.3 Å². The molecule has 0 bridgehead atoms. The Bertz CT molecular complexity index is 1230. The van der Waals surface area contributed by atoms with Gasteiger partial charge in [0.1, 0.15) is 5.52 Å². The van der Waals surface area contributed by atoms with Crippen LogP contribution in [0.15, 0.2) is 36.4 Å². The minimum Gasteiger partial charge on any atom is -0.368 e. The van der Waals surface area contributed by atoms with Crippen LogP contribution in [0.25, 0.3) is 22.3 Å². The van der Waals surface area contributed by atoms with Crippen LogP contribution in [0.4, 0.5) is 17.5 Å². The molecule has 0 saturated carbocycles. The van der Waals surface area contributed by atoms with E-state index in [2.05, 4.69) is 15.3 Å². The highest BCUT2D eigenvalue weighted by Crippen LogP contribution is 2.28. The number of nitrogens with zero attached hydrogens (tertiary/aromatic N) is 4. The average molecular weight is 441 g/mol. The number of nitrogens with two attached hydrogens (primary N) is 1. The first-order chi connectivity index (χ1) is 14.7. The minimum atomic E-state index is -3.02. The first-order valence-corrected chi connectivity index (χ1v) is 11.8. The second-order valence-electron chi connectivity index (χ2n) is 7.83. The SMILES string of the molecule is CC(C)C(=O)Nc1ccc(-c2ccc3nc(N)nc(N4CCS(=O)(=O)CC4)c3n2)cc1. The van der Waals surface area contributed by atoms with Gasteiger partial charge >= 0.3 is 0 Å². The second kappa shape index (κ2) is 8.10. The third-order valence-electron chi connectivity index (χ3n) is 5.16. The van der Waals surface area contributed by atoms with Crippen LogP contribution in [0, 0.1) is 5.92 Å². The van der Waals surface area contributed by atoms with Gasteiger partial charge in [0.25, 0.3) is 0 Å². The number of nitrogen functional groups attached to an aromatic ring is 1. The highest BCUT2D eigenvalue weighted by atomic mass is 32.2. The Labute approximate surface area is 180 Å². The lowest BCUT2D eigenvalue weighted by atomic mass is 10.1. The highest BCUT2D eigenvalue weighted by Gasteiger charge is 2.25. The largest absolute Gasteiger partial charge is 0.368 e. The normalized spacial score (nSPS) is 15.9. The molecule has 162 valence electrons. The van der Waals surface area contributed by atoms with E-state index in [1.54, 1.807) is 0 Å². The average Bonchev–Trinajstić information content (AvgIpc) is 2.73. The van der Waals surface area contributed by atoms with Crippen LogP contribution >= 0.6 is 0 Å². The van der Waals surface area contributed by atoms with Crippen LogP contribution in [-0.2, 0) is 14.6 Å². The number of pyridine rings is 1. The van der Waals surface area contributed by atoms with E-state index < -0.39 is 9.84 Å². The molecule has 31 heavy (non-hydrogen) atoms. The molecule has 1 aliphatic rings. The van der Waals surface area contributed by atoms with Crippen molar-refractivity contribution < 1.29 is 13.2 Å². The van der Waals surface area contributed by atoms with Crippen molar-refractivity contribution in [1.82, 2.24) is 15.0 Å². The zero-order valence-corrected chi connectivity index (χ0v) is 18.2. The van der Waals surface area contributed by atoms with E-state index in [1.807, 2.05) is 55.1 Å². The Hall–Kier alpha value is -3.27. The molecule has 10 heteroatoms. The molecule has 1 amide bonds. The molecular weight excluding hydrogens is 416 g/mol. The summed E-state index contributed by atoms with van der Waals surface area (Å²) in [5.41, 5.74) is 9.35. The lowest BCUT2D eigenvalue weighted by Crippen LogP contribution is -2.41. The number of carbonyl (C=O) groups excluding carboxylic acids is 1. The number of fused-ring (bicyclic) bond motifs is 1. The molecule has 0 unspecified atom stereocenters. The Balaban J connectivity index is 1.67. The molecule has 4 rings (SSSR count). The fourth-order valence-corrected chi connectivity index (χ4v) is 4.53. The summed E-state index contributed by atoms with van der Waals surface area (Å²) in [6.07, 6.45) is 0. The molecule has 1 aliphatic heterocycles. The van der Waals surface area contributed by atoms with Gasteiger partial charge in [0.05, 0.1) is 22.7 Å². The van der Waals surface area contributed by atoms with Gasteiger partial charge in [-0.1, -0.05) is 26.0 Å². The summed E-state index contributed by atoms with van der Waals surface area (Å²) in [4.78, 5) is 27.2. The standard InChI is InChI=1S/C21H24N6O3S/c1-13(2)20(28)23-15-5-3-14(4-6-15)16-7-8-17-18(24-16)19(26-21(22)25-17)27-9-11-31(29,30)12-10-27/h3-8,13H,9-12H2,1-2H3,(H,23,28)(H2,22,25,26). The topological polar surface area (TPSA) is 131 Å². The van der Waals surface area contributed by atoms with Crippen molar-refractivity contribution in [2.45, 2.75) is 13.8 Å². The third kappa shape index (κ3) is 4.58. The third-order valence-corrected chi connectivity index (χ3v) is 6.77. The highest BCUT2D eigenvalue weighted by molar-refractivity contribution is 7.91. The maximum atomic E-state index is 11.9. The van der Waals surface area contributed by atoms with Crippen molar-refractivity contribution in [2.24, 2.45) is 5.92 Å². The fraction of sp³-hybridized carbons (Fsp3) is 0.333. The number of amides is 1. The zero-order valence-electron chi connectivity index (χ0n) is 17.4. The van der Waals surface area contributed by atoms with Gasteiger partial charge in [-0.2, -0.15) is 4.98 Å². The van der Waals surface area contributed by atoms with E-state index in [4.69, 9.17) is 10.7 Å². The number of nitrogens with one attached hydrogen (secondary N) is 1. The van der Waals surface area contributed by atoms with Crippen molar-refractivity contribution in [2.75, 3.05) is 40.5 Å². The number of carbonyl (C=O) groups is 1. The maximum absolute atomic E-state index is 11.9. The first kappa shape index (κ1) is 21.0. The number of rotatable bonds is 4. The van der Waals surface area contributed by atoms with Crippen LogP contribution in [0.5, 0.6) is 0 Å². The van der Waals surface area contributed by atoms with E-state index in [9.17, 15) is 13.2 Å². The number of anilines is 3. The monoisotopic (exact) mass is 440 g/mol. The van der Waals surface area contributed by atoms with Crippen LogP contribution in [0.3, 0.4) is 0 Å². The smallest absolute Gasteiger partial charge is 0.226 e. The van der Waals surface area contributed by atoms with Crippen molar-refractivity contribution in [3.8, 4) is 11.3 Å². The van der Waals surface area contributed by atoms with Crippen LogP contribution in [-0.4, -0.2) is 53.9 Å². The van der Waals surface area contributed by atoms with E-state index in [0.29, 0.717) is 35.6 Å². The second-order valence-corrected chi connectivity index (χ2v) is 10.1. The molecule has 3 heterocycles. The minimum absolute atomic E-state index is 0.0421. The van der Waals surface area contributed by atoms with Gasteiger partial charge in [-0.15, -0.1) is 0 Å². The van der Waals surface area contributed by atoms with Crippen molar-refractivity contribution >= 4 is 44.2 Å². The number of hydrogen-bond acceptors (Lipinski definition) is 8. The molecule has 3 N–H and O–H groups in total. The first-order valence-electron chi connectivity index (χ1n) is 10.0. The predicted molar refractivity (Wildman–Crippen MR) is 122 cm³/mol. The fourth-order valence-electron chi connectivity index (χ4n) is 3.33. The van der Waals surface area contributed by atoms with Gasteiger partial charge in [-0.05, 0) is 24.3 Å². The predicted octanol–water partition coefficient (Wildman–Crippen LogP) is 2.10. The van der Waals surface area contributed by atoms with Crippen LogP contribution < -0.4 is 16.0 Å². The van der Waals surface area contributed by atoms with E-state index in [-0.39, 0.29) is 29.3 Å². The van der Waals surface area contributed by atoms with Crippen molar-refractivity contribution in [1.29, 1.82) is 0 Å². The number of aromatic nitrogens is 3. The Morgan fingerprint density at radius 3 is 2.35 bits per heavy atom. The van der Waals surface area contributed by atoms with Gasteiger partial charge in [-0.3, -0.25) is 4.79 Å². The number of benzene rings is 1. The summed E-state index contributed by atoms with van der Waals surface area (Å²) in [6.45, 7) is 4.35. The number of hydrogen-bond donors (Lipinski definition) is 2.